The lowest BCUT2D eigenvalue weighted by Gasteiger charge is -2.33. The second kappa shape index (κ2) is 6.89. The van der Waals surface area contributed by atoms with Crippen LogP contribution in [0.15, 0.2) is 18.2 Å². The number of likely N-dealkylation sites (tertiary alicyclic amines) is 1. The summed E-state index contributed by atoms with van der Waals surface area (Å²) in [6.45, 7) is 6.15. The first-order valence-electron chi connectivity index (χ1n) is 8.47. The van der Waals surface area contributed by atoms with Gasteiger partial charge in [0.1, 0.15) is 11.9 Å². The van der Waals surface area contributed by atoms with Gasteiger partial charge in [0.2, 0.25) is 5.91 Å². The van der Waals surface area contributed by atoms with Crippen LogP contribution in [0.2, 0.25) is 0 Å². The molecule has 126 valence electrons. The van der Waals surface area contributed by atoms with Gasteiger partial charge in [0.25, 0.3) is 0 Å². The molecule has 2 aliphatic heterocycles. The van der Waals surface area contributed by atoms with Gasteiger partial charge in [-0.2, -0.15) is 0 Å². The van der Waals surface area contributed by atoms with Crippen LogP contribution < -0.4 is 10.1 Å². The number of β-amino-alcohol motifs (C(OH)–C–C–N with tert-alkyl or cyclic N) is 1. The fraction of sp³-hybridized carbons (Fsp3) is 0.611. The Kier molecular flexibility index (Phi) is 4.87. The third kappa shape index (κ3) is 3.85. The van der Waals surface area contributed by atoms with Crippen molar-refractivity contribution >= 4 is 5.91 Å². The van der Waals surface area contributed by atoms with Crippen molar-refractivity contribution in [1.29, 1.82) is 0 Å². The Hall–Kier alpha value is -1.59. The van der Waals surface area contributed by atoms with E-state index in [1.165, 1.54) is 11.1 Å². The fourth-order valence-corrected chi connectivity index (χ4v) is 3.30. The lowest BCUT2D eigenvalue weighted by molar-refractivity contribution is -0.135. The molecule has 0 bridgehead atoms. The molecular formula is C18H26N2O3. The van der Waals surface area contributed by atoms with Gasteiger partial charge in [0.05, 0.1) is 12.1 Å². The van der Waals surface area contributed by atoms with Gasteiger partial charge in [-0.3, -0.25) is 4.79 Å². The third-order valence-electron chi connectivity index (χ3n) is 4.94. The van der Waals surface area contributed by atoms with Crippen LogP contribution in [-0.4, -0.2) is 53.8 Å². The predicted molar refractivity (Wildman–Crippen MR) is 88.6 cm³/mol. The molecule has 5 nitrogen and oxygen atoms in total. The Balaban J connectivity index is 1.50. The molecule has 0 radical (unpaired) electrons. The molecule has 2 saturated heterocycles. The molecule has 2 N–H and O–H groups in total. The first-order chi connectivity index (χ1) is 11.0. The molecule has 23 heavy (non-hydrogen) atoms. The van der Waals surface area contributed by atoms with Gasteiger partial charge < -0.3 is 20.1 Å². The van der Waals surface area contributed by atoms with E-state index in [0.717, 1.165) is 31.7 Å². The summed E-state index contributed by atoms with van der Waals surface area (Å²) in [7, 11) is 0. The number of benzene rings is 1. The van der Waals surface area contributed by atoms with Gasteiger partial charge in [0.15, 0.2) is 0 Å². The van der Waals surface area contributed by atoms with Gasteiger partial charge in [-0.25, -0.2) is 0 Å². The Labute approximate surface area is 137 Å². The summed E-state index contributed by atoms with van der Waals surface area (Å²) in [5.41, 5.74) is 2.50. The van der Waals surface area contributed by atoms with Crippen molar-refractivity contribution in [2.45, 2.75) is 51.4 Å². The number of aliphatic hydroxyl groups is 1. The first-order valence-corrected chi connectivity index (χ1v) is 8.47. The number of hydrogen-bond donors (Lipinski definition) is 2. The molecule has 5 heteroatoms. The first kappa shape index (κ1) is 16.3. The topological polar surface area (TPSA) is 61.8 Å². The van der Waals surface area contributed by atoms with Crippen molar-refractivity contribution in [1.82, 2.24) is 10.2 Å². The van der Waals surface area contributed by atoms with Crippen LogP contribution in [-0.2, 0) is 4.79 Å². The van der Waals surface area contributed by atoms with Gasteiger partial charge in [-0.1, -0.05) is 6.07 Å². The zero-order valence-electron chi connectivity index (χ0n) is 13.9. The lowest BCUT2D eigenvalue weighted by atomic mass is 10.1. The van der Waals surface area contributed by atoms with Crippen LogP contribution in [0.3, 0.4) is 0 Å². The second-order valence-electron chi connectivity index (χ2n) is 6.74. The number of hydrogen-bond acceptors (Lipinski definition) is 4. The predicted octanol–water partition coefficient (Wildman–Crippen LogP) is 1.40. The largest absolute Gasteiger partial charge is 0.490 e. The van der Waals surface area contributed by atoms with Crippen molar-refractivity contribution < 1.29 is 14.6 Å². The van der Waals surface area contributed by atoms with Crippen molar-refractivity contribution in [2.24, 2.45) is 0 Å². The van der Waals surface area contributed by atoms with Crippen LogP contribution in [0.1, 0.15) is 30.4 Å². The number of rotatable bonds is 3. The van der Waals surface area contributed by atoms with Crippen molar-refractivity contribution in [3.05, 3.63) is 29.3 Å². The van der Waals surface area contributed by atoms with Crippen molar-refractivity contribution in [3.63, 3.8) is 0 Å². The molecule has 2 atom stereocenters. The maximum Gasteiger partial charge on any atom is 0.239 e. The summed E-state index contributed by atoms with van der Waals surface area (Å²) >= 11 is 0. The van der Waals surface area contributed by atoms with Gasteiger partial charge >= 0.3 is 0 Å². The summed E-state index contributed by atoms with van der Waals surface area (Å²) in [6.07, 6.45) is 2.01. The Morgan fingerprint density at radius 3 is 2.61 bits per heavy atom. The maximum absolute atomic E-state index is 12.4. The highest BCUT2D eigenvalue weighted by molar-refractivity contribution is 5.82. The zero-order valence-corrected chi connectivity index (χ0v) is 13.9. The van der Waals surface area contributed by atoms with Crippen molar-refractivity contribution in [3.8, 4) is 5.75 Å². The van der Waals surface area contributed by atoms with Crippen LogP contribution in [0.25, 0.3) is 0 Å². The molecule has 0 saturated carbocycles. The standard InChI is InChI=1S/C18H26N2O3/c1-12-3-4-16(9-13(12)2)23-15-5-7-20(8-6-15)18(22)17-10-14(21)11-19-17/h3-4,9,14-15,17,19,21H,5-8,10-11H2,1-2H3/t14-,17+/m0/s1. The molecule has 0 aliphatic carbocycles. The minimum Gasteiger partial charge on any atom is -0.490 e. The van der Waals surface area contributed by atoms with Gasteiger partial charge in [-0.05, 0) is 43.5 Å². The van der Waals surface area contributed by atoms with E-state index in [1.807, 2.05) is 11.0 Å². The summed E-state index contributed by atoms with van der Waals surface area (Å²) < 4.78 is 6.07. The third-order valence-corrected chi connectivity index (χ3v) is 4.94. The highest BCUT2D eigenvalue weighted by atomic mass is 16.5. The number of aryl methyl sites for hydroxylation is 2. The molecule has 0 spiro atoms. The van der Waals surface area contributed by atoms with Crippen LogP contribution in [0, 0.1) is 13.8 Å². The number of amides is 1. The number of piperidine rings is 1. The average molecular weight is 318 g/mol. The fourth-order valence-electron chi connectivity index (χ4n) is 3.30. The number of nitrogens with zero attached hydrogens (tertiary/aromatic N) is 1. The molecule has 3 rings (SSSR count). The summed E-state index contributed by atoms with van der Waals surface area (Å²) in [4.78, 5) is 14.3. The smallest absolute Gasteiger partial charge is 0.239 e. The van der Waals surface area contributed by atoms with E-state index in [9.17, 15) is 9.90 Å². The molecule has 0 aromatic heterocycles. The molecule has 2 aliphatic rings. The number of nitrogens with one attached hydrogen (secondary N) is 1. The van der Waals surface area contributed by atoms with Crippen molar-refractivity contribution in [2.75, 3.05) is 19.6 Å². The van der Waals surface area contributed by atoms with E-state index in [4.69, 9.17) is 4.74 Å². The maximum atomic E-state index is 12.4. The molecular weight excluding hydrogens is 292 g/mol. The monoisotopic (exact) mass is 318 g/mol. The van der Waals surface area contributed by atoms with Gasteiger partial charge in [-0.15, -0.1) is 0 Å². The van der Waals surface area contributed by atoms with E-state index in [0.29, 0.717) is 13.0 Å². The molecule has 1 aromatic rings. The highest BCUT2D eigenvalue weighted by Gasteiger charge is 2.33. The summed E-state index contributed by atoms with van der Waals surface area (Å²) in [6, 6.07) is 5.96. The minimum absolute atomic E-state index is 0.117. The van der Waals surface area contributed by atoms with E-state index in [2.05, 4.69) is 31.3 Å². The summed E-state index contributed by atoms with van der Waals surface area (Å²) in [5.74, 6) is 1.03. The second-order valence-corrected chi connectivity index (χ2v) is 6.74. The Bertz CT molecular complexity index is 567. The van der Waals surface area contributed by atoms with E-state index >= 15 is 0 Å². The summed E-state index contributed by atoms with van der Waals surface area (Å²) in [5, 5.41) is 12.6. The van der Waals surface area contributed by atoms with E-state index in [1.54, 1.807) is 0 Å². The normalized spacial score (nSPS) is 25.6. The molecule has 1 amide bonds. The number of carbonyl (C=O) groups excluding carboxylic acids is 1. The number of ether oxygens (including phenoxy) is 1. The quantitative estimate of drug-likeness (QED) is 0.884. The van der Waals surface area contributed by atoms with Crippen LogP contribution in [0.5, 0.6) is 5.75 Å². The molecule has 0 unspecified atom stereocenters. The lowest BCUT2D eigenvalue weighted by Crippen LogP contribution is -2.48. The SMILES string of the molecule is Cc1ccc(OC2CCN(C(=O)[C@H]3C[C@H](O)CN3)CC2)cc1C. The molecule has 1 aromatic carbocycles. The van der Waals surface area contributed by atoms with E-state index < -0.39 is 6.10 Å². The molecule has 2 heterocycles. The van der Waals surface area contributed by atoms with Crippen LogP contribution in [0.4, 0.5) is 0 Å². The average Bonchev–Trinajstić information content (AvgIpc) is 2.97. The van der Waals surface area contributed by atoms with E-state index in [-0.39, 0.29) is 18.1 Å². The Morgan fingerprint density at radius 2 is 2.00 bits per heavy atom. The number of carbonyl (C=O) groups is 1. The number of aliphatic hydroxyl groups excluding tert-OH is 1. The highest BCUT2D eigenvalue weighted by Crippen LogP contribution is 2.22. The zero-order chi connectivity index (χ0) is 16.4. The Morgan fingerprint density at radius 1 is 1.26 bits per heavy atom. The van der Waals surface area contributed by atoms with Crippen LogP contribution >= 0.6 is 0 Å². The minimum atomic E-state index is -0.394. The molecule has 2 fully saturated rings. The van der Waals surface area contributed by atoms with Gasteiger partial charge in [0, 0.05) is 32.5 Å².